The number of rotatable bonds is 5. The molecule has 2 rings (SSSR count). The Bertz CT molecular complexity index is 533. The average molecular weight is 337 g/mol. The Labute approximate surface area is 145 Å². The third-order valence-corrected chi connectivity index (χ3v) is 4.61. The average Bonchev–Trinajstić information content (AvgIpc) is 2.50. The summed E-state index contributed by atoms with van der Waals surface area (Å²) >= 11 is 5.42. The summed E-state index contributed by atoms with van der Waals surface area (Å²) in [5.74, 6) is 0.726. The van der Waals surface area contributed by atoms with Gasteiger partial charge in [-0.15, -0.1) is 0 Å². The van der Waals surface area contributed by atoms with Gasteiger partial charge in [0.15, 0.2) is 5.11 Å². The van der Waals surface area contributed by atoms with Gasteiger partial charge in [0, 0.05) is 18.2 Å². The summed E-state index contributed by atoms with van der Waals surface area (Å²) in [6.45, 7) is 13.8. The molecule has 2 atom stereocenters. The van der Waals surface area contributed by atoms with Crippen LogP contribution in [0.5, 0.6) is 0 Å². The molecule has 0 bridgehead atoms. The van der Waals surface area contributed by atoms with Gasteiger partial charge in [-0.05, 0) is 43.3 Å². The lowest BCUT2D eigenvalue weighted by Gasteiger charge is -2.31. The molecule has 128 valence electrons. The van der Waals surface area contributed by atoms with E-state index in [1.54, 1.807) is 4.90 Å². The van der Waals surface area contributed by atoms with E-state index >= 15 is 0 Å². The second kappa shape index (κ2) is 8.62. The molecular formula is C18H30N3OS+. The minimum Gasteiger partial charge on any atom is -0.365 e. The van der Waals surface area contributed by atoms with Gasteiger partial charge in [-0.25, -0.2) is 0 Å². The molecule has 4 nitrogen and oxygen atoms in total. The second-order valence-electron chi connectivity index (χ2n) is 6.88. The molecule has 1 saturated heterocycles. The SMILES string of the molecule is Cc1cccc(NC(=S)NC[C@@H]2C[NH+](CC(C)C)CCO2)c1C. The molecule has 1 aromatic carbocycles. The van der Waals surface area contributed by atoms with Gasteiger partial charge in [0.2, 0.25) is 0 Å². The minimum atomic E-state index is 0.232. The van der Waals surface area contributed by atoms with Crippen molar-refractivity contribution < 1.29 is 9.64 Å². The van der Waals surface area contributed by atoms with Gasteiger partial charge in [-0.3, -0.25) is 0 Å². The molecule has 0 saturated carbocycles. The number of hydrogen-bond donors (Lipinski definition) is 3. The zero-order valence-electron chi connectivity index (χ0n) is 14.7. The predicted molar refractivity (Wildman–Crippen MR) is 100 cm³/mol. The highest BCUT2D eigenvalue weighted by Gasteiger charge is 2.24. The number of thiocarbonyl (C=S) groups is 1. The minimum absolute atomic E-state index is 0.232. The highest BCUT2D eigenvalue weighted by atomic mass is 32.1. The molecule has 0 spiro atoms. The van der Waals surface area contributed by atoms with Crippen LogP contribution in [0.4, 0.5) is 5.69 Å². The van der Waals surface area contributed by atoms with Crippen LogP contribution >= 0.6 is 12.2 Å². The first-order valence-electron chi connectivity index (χ1n) is 8.52. The zero-order valence-corrected chi connectivity index (χ0v) is 15.6. The van der Waals surface area contributed by atoms with Crippen LogP contribution in [-0.4, -0.2) is 44.0 Å². The molecule has 1 heterocycles. The van der Waals surface area contributed by atoms with Crippen LogP contribution in [0.3, 0.4) is 0 Å². The van der Waals surface area contributed by atoms with E-state index in [-0.39, 0.29) is 6.10 Å². The maximum Gasteiger partial charge on any atom is 0.170 e. The standard InChI is InChI=1S/C18H29N3OS/c1-13(2)11-21-8-9-22-16(12-21)10-19-18(23)20-17-7-5-6-14(3)15(17)4/h5-7,13,16H,8-12H2,1-4H3,(H2,19,20,23)/p+1/t16-/m1/s1. The van der Waals surface area contributed by atoms with Crippen molar-refractivity contribution in [1.82, 2.24) is 5.32 Å². The Morgan fingerprint density at radius 2 is 2.17 bits per heavy atom. The van der Waals surface area contributed by atoms with E-state index in [1.807, 2.05) is 6.07 Å². The van der Waals surface area contributed by atoms with Crippen LogP contribution in [0.1, 0.15) is 25.0 Å². The van der Waals surface area contributed by atoms with Crippen LogP contribution in [0.2, 0.25) is 0 Å². The normalized spacial score (nSPS) is 21.3. The second-order valence-corrected chi connectivity index (χ2v) is 7.29. The lowest BCUT2D eigenvalue weighted by molar-refractivity contribution is -0.914. The van der Waals surface area contributed by atoms with Crippen molar-refractivity contribution in [1.29, 1.82) is 0 Å². The molecule has 3 N–H and O–H groups in total. The van der Waals surface area contributed by atoms with Crippen LogP contribution in [0.25, 0.3) is 0 Å². The fraction of sp³-hybridized carbons (Fsp3) is 0.611. The third-order valence-electron chi connectivity index (χ3n) is 4.37. The van der Waals surface area contributed by atoms with Crippen molar-refractivity contribution in [3.05, 3.63) is 29.3 Å². The van der Waals surface area contributed by atoms with Crippen LogP contribution in [0.15, 0.2) is 18.2 Å². The summed E-state index contributed by atoms with van der Waals surface area (Å²) in [5.41, 5.74) is 3.57. The molecule has 0 amide bonds. The first-order chi connectivity index (χ1) is 11.0. The summed E-state index contributed by atoms with van der Waals surface area (Å²) in [6, 6.07) is 6.21. The van der Waals surface area contributed by atoms with Crippen LogP contribution < -0.4 is 15.5 Å². The van der Waals surface area contributed by atoms with Crippen LogP contribution in [0, 0.1) is 19.8 Å². The van der Waals surface area contributed by atoms with Crippen molar-refractivity contribution in [2.75, 3.05) is 38.1 Å². The van der Waals surface area contributed by atoms with Crippen molar-refractivity contribution in [3.8, 4) is 0 Å². The Kier molecular flexibility index (Phi) is 6.81. The van der Waals surface area contributed by atoms with E-state index < -0.39 is 0 Å². The molecule has 0 radical (unpaired) electrons. The van der Waals surface area contributed by atoms with E-state index in [0.717, 1.165) is 37.8 Å². The van der Waals surface area contributed by atoms with Crippen LogP contribution in [-0.2, 0) is 4.74 Å². The highest BCUT2D eigenvalue weighted by molar-refractivity contribution is 7.80. The number of benzene rings is 1. The Hall–Kier alpha value is -1.17. The molecule has 0 aliphatic carbocycles. The molecule has 0 aromatic heterocycles. The molecule has 1 aliphatic rings. The fourth-order valence-corrected chi connectivity index (χ4v) is 3.20. The lowest BCUT2D eigenvalue weighted by Crippen LogP contribution is -3.15. The maximum absolute atomic E-state index is 5.86. The highest BCUT2D eigenvalue weighted by Crippen LogP contribution is 2.17. The number of ether oxygens (including phenoxy) is 1. The van der Waals surface area contributed by atoms with Gasteiger partial charge < -0.3 is 20.3 Å². The summed E-state index contributed by atoms with van der Waals surface area (Å²) < 4.78 is 5.86. The van der Waals surface area contributed by atoms with Gasteiger partial charge in [-0.2, -0.15) is 0 Å². The Morgan fingerprint density at radius 1 is 1.39 bits per heavy atom. The molecule has 1 fully saturated rings. The largest absolute Gasteiger partial charge is 0.365 e. The Morgan fingerprint density at radius 3 is 2.91 bits per heavy atom. The molecule has 1 unspecified atom stereocenters. The molecule has 23 heavy (non-hydrogen) atoms. The fourth-order valence-electron chi connectivity index (χ4n) is 3.01. The van der Waals surface area contributed by atoms with E-state index in [4.69, 9.17) is 17.0 Å². The number of anilines is 1. The smallest absolute Gasteiger partial charge is 0.170 e. The maximum atomic E-state index is 5.86. The number of nitrogens with one attached hydrogen (secondary N) is 3. The summed E-state index contributed by atoms with van der Waals surface area (Å²) in [4.78, 5) is 1.63. The number of aryl methyl sites for hydroxylation is 1. The molecule has 1 aliphatic heterocycles. The number of morpholine rings is 1. The quantitative estimate of drug-likeness (QED) is 0.713. The van der Waals surface area contributed by atoms with E-state index in [2.05, 4.69) is 50.5 Å². The van der Waals surface area contributed by atoms with Crippen molar-refractivity contribution in [2.45, 2.75) is 33.8 Å². The van der Waals surface area contributed by atoms with Crippen molar-refractivity contribution >= 4 is 23.0 Å². The van der Waals surface area contributed by atoms with Crippen molar-refractivity contribution in [2.24, 2.45) is 5.92 Å². The molecular weight excluding hydrogens is 306 g/mol. The van der Waals surface area contributed by atoms with E-state index in [1.165, 1.54) is 17.7 Å². The van der Waals surface area contributed by atoms with E-state index in [0.29, 0.717) is 5.11 Å². The zero-order chi connectivity index (χ0) is 16.8. The Balaban J connectivity index is 1.79. The van der Waals surface area contributed by atoms with Gasteiger partial charge in [0.1, 0.15) is 19.2 Å². The summed E-state index contributed by atoms with van der Waals surface area (Å²) in [5, 5.41) is 7.26. The van der Waals surface area contributed by atoms with Gasteiger partial charge in [-0.1, -0.05) is 26.0 Å². The third kappa shape index (κ3) is 5.75. The van der Waals surface area contributed by atoms with E-state index in [9.17, 15) is 0 Å². The molecule has 1 aromatic rings. The summed E-state index contributed by atoms with van der Waals surface area (Å²) in [6.07, 6.45) is 0.232. The summed E-state index contributed by atoms with van der Waals surface area (Å²) in [7, 11) is 0. The van der Waals surface area contributed by atoms with Crippen molar-refractivity contribution in [3.63, 3.8) is 0 Å². The van der Waals surface area contributed by atoms with Gasteiger partial charge in [0.25, 0.3) is 0 Å². The molecule has 5 heteroatoms. The van der Waals surface area contributed by atoms with Gasteiger partial charge >= 0.3 is 0 Å². The predicted octanol–water partition coefficient (Wildman–Crippen LogP) is 1.53. The number of hydrogen-bond acceptors (Lipinski definition) is 2. The number of quaternary nitrogens is 1. The lowest BCUT2D eigenvalue weighted by atomic mass is 10.1. The van der Waals surface area contributed by atoms with Gasteiger partial charge in [0.05, 0.1) is 13.2 Å². The first-order valence-corrected chi connectivity index (χ1v) is 8.92. The monoisotopic (exact) mass is 336 g/mol. The topological polar surface area (TPSA) is 37.7 Å². The first kappa shape index (κ1) is 18.2.